The van der Waals surface area contributed by atoms with Crippen LogP contribution in [0, 0.1) is 5.41 Å². The summed E-state index contributed by atoms with van der Waals surface area (Å²) in [5.74, 6) is 0. The maximum absolute atomic E-state index is 4.02. The summed E-state index contributed by atoms with van der Waals surface area (Å²) in [6.45, 7) is 11.7. The Labute approximate surface area is 64.5 Å². The topological polar surface area (TPSA) is 12.0 Å². The second kappa shape index (κ2) is 3.77. The van der Waals surface area contributed by atoms with Gasteiger partial charge in [-0.15, -0.1) is 0 Å². The van der Waals surface area contributed by atoms with Gasteiger partial charge in [-0.3, -0.25) is 0 Å². The van der Waals surface area contributed by atoms with Crippen molar-refractivity contribution in [3.05, 3.63) is 12.2 Å². The molecule has 0 saturated carbocycles. The van der Waals surface area contributed by atoms with Crippen LogP contribution in [0.4, 0.5) is 0 Å². The van der Waals surface area contributed by atoms with Crippen LogP contribution in [0.2, 0.25) is 0 Å². The van der Waals surface area contributed by atoms with Gasteiger partial charge in [0.15, 0.2) is 0 Å². The Morgan fingerprint density at radius 3 is 2.20 bits per heavy atom. The van der Waals surface area contributed by atoms with E-state index in [1.807, 2.05) is 7.05 Å². The summed E-state index contributed by atoms with van der Waals surface area (Å²) >= 11 is 0. The third-order valence-corrected chi connectivity index (χ3v) is 1.74. The monoisotopic (exact) mass is 141 g/mol. The molecule has 10 heavy (non-hydrogen) atoms. The minimum absolute atomic E-state index is 0.275. The van der Waals surface area contributed by atoms with Crippen LogP contribution in [0.15, 0.2) is 12.2 Å². The van der Waals surface area contributed by atoms with E-state index in [1.54, 1.807) is 0 Å². The molecule has 0 spiro atoms. The molecular formula is C9H19N. The molecule has 0 amide bonds. The Morgan fingerprint density at radius 2 is 1.90 bits per heavy atom. The molecule has 0 aromatic rings. The molecule has 0 aliphatic heterocycles. The van der Waals surface area contributed by atoms with Gasteiger partial charge in [0.2, 0.25) is 0 Å². The van der Waals surface area contributed by atoms with Gasteiger partial charge in [-0.1, -0.05) is 32.9 Å². The summed E-state index contributed by atoms with van der Waals surface area (Å²) in [6, 6.07) is 0. The van der Waals surface area contributed by atoms with E-state index in [1.165, 1.54) is 5.57 Å². The van der Waals surface area contributed by atoms with E-state index in [2.05, 4.69) is 32.7 Å². The van der Waals surface area contributed by atoms with E-state index in [9.17, 15) is 0 Å². The number of nitrogens with one attached hydrogen (secondary N) is 1. The lowest BCUT2D eigenvalue weighted by atomic mass is 9.86. The standard InChI is InChI=1S/C9H19N/c1-8(6-7-10-5)9(2,3)4/h10H,1,6-7H2,2-5H3. The Bertz CT molecular complexity index is 108. The first-order valence-corrected chi connectivity index (χ1v) is 3.81. The largest absolute Gasteiger partial charge is 0.319 e. The highest BCUT2D eigenvalue weighted by Crippen LogP contribution is 2.25. The molecule has 60 valence electrons. The molecule has 1 heteroatoms. The first-order valence-electron chi connectivity index (χ1n) is 3.81. The zero-order chi connectivity index (χ0) is 8.20. The number of rotatable bonds is 3. The van der Waals surface area contributed by atoms with Crippen molar-refractivity contribution in [2.75, 3.05) is 13.6 Å². The first-order chi connectivity index (χ1) is 4.48. The van der Waals surface area contributed by atoms with E-state index in [4.69, 9.17) is 0 Å². The van der Waals surface area contributed by atoms with Crippen molar-refractivity contribution in [1.82, 2.24) is 5.32 Å². The number of hydrogen-bond acceptors (Lipinski definition) is 1. The number of hydrogen-bond donors (Lipinski definition) is 1. The van der Waals surface area contributed by atoms with Gasteiger partial charge < -0.3 is 5.32 Å². The lowest BCUT2D eigenvalue weighted by molar-refractivity contribution is 0.481. The maximum atomic E-state index is 4.02. The summed E-state index contributed by atoms with van der Waals surface area (Å²) in [5, 5.41) is 3.11. The smallest absolute Gasteiger partial charge is 0.00145 e. The van der Waals surface area contributed by atoms with Crippen LogP contribution in [0.25, 0.3) is 0 Å². The Hall–Kier alpha value is -0.300. The van der Waals surface area contributed by atoms with Gasteiger partial charge in [0, 0.05) is 0 Å². The lowest BCUT2D eigenvalue weighted by Gasteiger charge is -2.21. The maximum Gasteiger partial charge on any atom is -0.00145 e. The zero-order valence-electron chi connectivity index (χ0n) is 7.62. The van der Waals surface area contributed by atoms with Gasteiger partial charge in [-0.2, -0.15) is 0 Å². The van der Waals surface area contributed by atoms with Gasteiger partial charge in [-0.05, 0) is 25.4 Å². The van der Waals surface area contributed by atoms with Crippen molar-refractivity contribution < 1.29 is 0 Å². The summed E-state index contributed by atoms with van der Waals surface area (Å²) in [4.78, 5) is 0. The van der Waals surface area contributed by atoms with Crippen molar-refractivity contribution >= 4 is 0 Å². The molecular weight excluding hydrogens is 122 g/mol. The molecule has 0 aliphatic carbocycles. The molecule has 0 aromatic carbocycles. The predicted molar refractivity (Wildman–Crippen MR) is 47.1 cm³/mol. The van der Waals surface area contributed by atoms with Crippen LogP contribution in [0.5, 0.6) is 0 Å². The Kier molecular flexibility index (Phi) is 3.66. The first kappa shape index (κ1) is 9.70. The molecule has 0 atom stereocenters. The average molecular weight is 141 g/mol. The molecule has 0 radical (unpaired) electrons. The van der Waals surface area contributed by atoms with Crippen molar-refractivity contribution in [1.29, 1.82) is 0 Å². The van der Waals surface area contributed by atoms with E-state index in [0.717, 1.165) is 13.0 Å². The molecule has 0 unspecified atom stereocenters. The van der Waals surface area contributed by atoms with Gasteiger partial charge in [-0.25, -0.2) is 0 Å². The molecule has 1 N–H and O–H groups in total. The molecule has 0 saturated heterocycles. The average Bonchev–Trinajstić information content (AvgIpc) is 1.80. The molecule has 0 heterocycles. The molecule has 0 aliphatic rings. The highest BCUT2D eigenvalue weighted by atomic mass is 14.8. The quantitative estimate of drug-likeness (QED) is 0.594. The lowest BCUT2D eigenvalue weighted by Crippen LogP contribution is -2.15. The van der Waals surface area contributed by atoms with E-state index < -0.39 is 0 Å². The fourth-order valence-electron chi connectivity index (χ4n) is 0.651. The van der Waals surface area contributed by atoms with Crippen LogP contribution in [-0.2, 0) is 0 Å². The third-order valence-electron chi connectivity index (χ3n) is 1.74. The molecule has 0 aromatic heterocycles. The van der Waals surface area contributed by atoms with Crippen molar-refractivity contribution in [2.45, 2.75) is 27.2 Å². The van der Waals surface area contributed by atoms with Gasteiger partial charge in [0.25, 0.3) is 0 Å². The van der Waals surface area contributed by atoms with Crippen LogP contribution < -0.4 is 5.32 Å². The van der Waals surface area contributed by atoms with Gasteiger partial charge >= 0.3 is 0 Å². The van der Waals surface area contributed by atoms with Crippen molar-refractivity contribution in [3.8, 4) is 0 Å². The highest BCUT2D eigenvalue weighted by Gasteiger charge is 2.13. The Morgan fingerprint density at radius 1 is 1.40 bits per heavy atom. The van der Waals surface area contributed by atoms with Crippen molar-refractivity contribution in [3.63, 3.8) is 0 Å². The van der Waals surface area contributed by atoms with Gasteiger partial charge in [0.1, 0.15) is 0 Å². The van der Waals surface area contributed by atoms with E-state index in [-0.39, 0.29) is 5.41 Å². The van der Waals surface area contributed by atoms with Crippen molar-refractivity contribution in [2.24, 2.45) is 5.41 Å². The zero-order valence-corrected chi connectivity index (χ0v) is 7.62. The Balaban J connectivity index is 3.64. The second-order valence-corrected chi connectivity index (χ2v) is 3.71. The molecule has 0 fully saturated rings. The fourth-order valence-corrected chi connectivity index (χ4v) is 0.651. The van der Waals surface area contributed by atoms with Crippen LogP contribution in [-0.4, -0.2) is 13.6 Å². The van der Waals surface area contributed by atoms with Crippen LogP contribution in [0.3, 0.4) is 0 Å². The molecule has 0 rings (SSSR count). The normalized spacial score (nSPS) is 11.6. The summed E-state index contributed by atoms with van der Waals surface area (Å²) in [6.07, 6.45) is 1.08. The highest BCUT2D eigenvalue weighted by molar-refractivity contribution is 5.04. The minimum atomic E-state index is 0.275. The SMILES string of the molecule is C=C(CCNC)C(C)(C)C. The van der Waals surface area contributed by atoms with Gasteiger partial charge in [0.05, 0.1) is 0 Å². The second-order valence-electron chi connectivity index (χ2n) is 3.71. The van der Waals surface area contributed by atoms with E-state index in [0.29, 0.717) is 0 Å². The minimum Gasteiger partial charge on any atom is -0.319 e. The van der Waals surface area contributed by atoms with E-state index >= 15 is 0 Å². The van der Waals surface area contributed by atoms with Crippen LogP contribution >= 0.6 is 0 Å². The molecule has 0 bridgehead atoms. The summed E-state index contributed by atoms with van der Waals surface area (Å²) in [7, 11) is 1.97. The third kappa shape index (κ3) is 3.67. The van der Waals surface area contributed by atoms with Crippen LogP contribution in [0.1, 0.15) is 27.2 Å². The summed E-state index contributed by atoms with van der Waals surface area (Å²) in [5.41, 5.74) is 1.60. The summed E-state index contributed by atoms with van der Waals surface area (Å²) < 4.78 is 0. The predicted octanol–water partition coefficient (Wildman–Crippen LogP) is 2.20. The fraction of sp³-hybridized carbons (Fsp3) is 0.778. The molecule has 1 nitrogen and oxygen atoms in total.